The van der Waals surface area contributed by atoms with E-state index in [9.17, 15) is 13.5 Å². The van der Waals surface area contributed by atoms with Crippen molar-refractivity contribution < 1.29 is 13.5 Å². The molecule has 2 rings (SSSR count). The number of rotatable bonds is 3. The largest absolute Gasteiger partial charge is 0.395 e. The van der Waals surface area contributed by atoms with Crippen LogP contribution in [0, 0.1) is 5.92 Å². The number of nitrogens with zero attached hydrogens (tertiary/aromatic N) is 2. The van der Waals surface area contributed by atoms with Gasteiger partial charge in [0.15, 0.2) is 0 Å². The molecule has 2 aliphatic heterocycles. The molecule has 6 heteroatoms. The summed E-state index contributed by atoms with van der Waals surface area (Å²) < 4.78 is 28.8. The van der Waals surface area contributed by atoms with E-state index in [1.165, 1.54) is 4.31 Å². The van der Waals surface area contributed by atoms with Crippen molar-refractivity contribution >= 4 is 10.2 Å². The van der Waals surface area contributed by atoms with Crippen molar-refractivity contribution in [3.05, 3.63) is 0 Å². The second kappa shape index (κ2) is 6.08. The lowest BCUT2D eigenvalue weighted by atomic mass is 9.97. The maximum Gasteiger partial charge on any atom is 0.282 e. The minimum Gasteiger partial charge on any atom is -0.395 e. The third-order valence-corrected chi connectivity index (χ3v) is 6.61. The Morgan fingerprint density at radius 1 is 1.11 bits per heavy atom. The first-order valence-electron chi connectivity index (χ1n) is 7.36. The molecule has 2 fully saturated rings. The van der Waals surface area contributed by atoms with Crippen LogP contribution < -0.4 is 0 Å². The Morgan fingerprint density at radius 2 is 1.84 bits per heavy atom. The molecule has 0 spiro atoms. The summed E-state index contributed by atoms with van der Waals surface area (Å²) in [6.07, 6.45) is 4.69. The van der Waals surface area contributed by atoms with E-state index < -0.39 is 10.2 Å². The maximum absolute atomic E-state index is 12.8. The molecule has 2 heterocycles. The van der Waals surface area contributed by atoms with Gasteiger partial charge in [0.05, 0.1) is 6.61 Å². The highest BCUT2D eigenvalue weighted by atomic mass is 32.2. The van der Waals surface area contributed by atoms with E-state index in [2.05, 4.69) is 6.92 Å². The van der Waals surface area contributed by atoms with E-state index in [0.717, 1.165) is 32.1 Å². The van der Waals surface area contributed by atoms with Gasteiger partial charge in [-0.1, -0.05) is 13.3 Å². The summed E-state index contributed by atoms with van der Waals surface area (Å²) in [5.74, 6) is 0.420. The second-order valence-electron chi connectivity index (χ2n) is 6.05. The van der Waals surface area contributed by atoms with E-state index in [1.54, 1.807) is 4.31 Å². The van der Waals surface area contributed by atoms with E-state index in [1.807, 2.05) is 6.92 Å². The molecule has 0 radical (unpaired) electrons. The van der Waals surface area contributed by atoms with Crippen molar-refractivity contribution in [2.45, 2.75) is 58.0 Å². The first kappa shape index (κ1) is 15.2. The molecular formula is C13H26N2O3S. The molecule has 0 aromatic rings. The Balaban J connectivity index is 2.19. The molecule has 0 aliphatic carbocycles. The van der Waals surface area contributed by atoms with E-state index in [4.69, 9.17) is 0 Å². The van der Waals surface area contributed by atoms with Crippen LogP contribution in [0.25, 0.3) is 0 Å². The minimum atomic E-state index is -3.42. The molecule has 2 aliphatic rings. The molecule has 19 heavy (non-hydrogen) atoms. The first-order valence-corrected chi connectivity index (χ1v) is 8.76. The van der Waals surface area contributed by atoms with Crippen LogP contribution in [0.15, 0.2) is 0 Å². The predicted octanol–water partition coefficient (Wildman–Crippen LogP) is 1.20. The van der Waals surface area contributed by atoms with Crippen LogP contribution in [-0.4, -0.2) is 53.9 Å². The molecular weight excluding hydrogens is 264 g/mol. The normalized spacial score (nSPS) is 35.4. The van der Waals surface area contributed by atoms with Gasteiger partial charge in [-0.25, -0.2) is 0 Å². The Kier molecular flexibility index (Phi) is 4.87. The Morgan fingerprint density at radius 3 is 2.53 bits per heavy atom. The lowest BCUT2D eigenvalue weighted by Crippen LogP contribution is -2.56. The summed E-state index contributed by atoms with van der Waals surface area (Å²) in [5.41, 5.74) is 0. The molecule has 0 saturated carbocycles. The molecule has 0 bridgehead atoms. The number of hydrogen-bond acceptors (Lipinski definition) is 3. The van der Waals surface area contributed by atoms with Gasteiger partial charge in [0.25, 0.3) is 10.2 Å². The number of aliphatic hydroxyl groups excluding tert-OH is 1. The molecule has 0 aromatic heterocycles. The lowest BCUT2D eigenvalue weighted by molar-refractivity contribution is 0.135. The van der Waals surface area contributed by atoms with Crippen molar-refractivity contribution in [2.24, 2.45) is 5.92 Å². The van der Waals surface area contributed by atoms with Crippen molar-refractivity contribution in [3.63, 3.8) is 0 Å². The summed E-state index contributed by atoms with van der Waals surface area (Å²) in [6.45, 7) is 5.18. The topological polar surface area (TPSA) is 60.9 Å². The molecule has 0 aromatic carbocycles. The summed E-state index contributed by atoms with van der Waals surface area (Å²) in [5, 5.41) is 9.42. The predicted molar refractivity (Wildman–Crippen MR) is 74.9 cm³/mol. The van der Waals surface area contributed by atoms with Crippen LogP contribution in [0.5, 0.6) is 0 Å². The standard InChI is InChI=1S/C13H26N2O3S/c1-11-6-7-12(2)15(9-11)19(17,18)14-8-4-3-5-13(14)10-16/h11-13,16H,3-10H2,1-2H3. The lowest BCUT2D eigenvalue weighted by Gasteiger charge is -2.42. The summed E-state index contributed by atoms with van der Waals surface area (Å²) >= 11 is 0. The smallest absolute Gasteiger partial charge is 0.282 e. The van der Waals surface area contributed by atoms with Gasteiger partial charge < -0.3 is 5.11 Å². The van der Waals surface area contributed by atoms with Crippen LogP contribution in [0.3, 0.4) is 0 Å². The molecule has 3 atom stereocenters. The van der Waals surface area contributed by atoms with E-state index in [0.29, 0.717) is 19.0 Å². The van der Waals surface area contributed by atoms with Crippen molar-refractivity contribution in [1.29, 1.82) is 0 Å². The molecule has 5 nitrogen and oxygen atoms in total. The summed E-state index contributed by atoms with van der Waals surface area (Å²) in [6, 6.07) is -0.161. The van der Waals surface area contributed by atoms with Gasteiger partial charge >= 0.3 is 0 Å². The molecule has 0 amide bonds. The fourth-order valence-electron chi connectivity index (χ4n) is 3.16. The monoisotopic (exact) mass is 290 g/mol. The van der Waals surface area contributed by atoms with Gasteiger partial charge in [0.2, 0.25) is 0 Å². The van der Waals surface area contributed by atoms with Crippen LogP contribution in [0.2, 0.25) is 0 Å². The van der Waals surface area contributed by atoms with Gasteiger partial charge in [-0.3, -0.25) is 0 Å². The number of piperidine rings is 2. The third-order valence-electron chi connectivity index (χ3n) is 4.44. The zero-order valence-electron chi connectivity index (χ0n) is 12.0. The fourth-order valence-corrected chi connectivity index (χ4v) is 5.35. The molecule has 1 N–H and O–H groups in total. The van der Waals surface area contributed by atoms with Crippen molar-refractivity contribution in [1.82, 2.24) is 8.61 Å². The van der Waals surface area contributed by atoms with Crippen LogP contribution >= 0.6 is 0 Å². The average Bonchev–Trinajstić information content (AvgIpc) is 2.41. The minimum absolute atomic E-state index is 0.0717. The van der Waals surface area contributed by atoms with Crippen LogP contribution in [-0.2, 0) is 10.2 Å². The van der Waals surface area contributed by atoms with Gasteiger partial charge in [0.1, 0.15) is 0 Å². The Hall–Kier alpha value is -0.170. The average molecular weight is 290 g/mol. The van der Waals surface area contributed by atoms with Gasteiger partial charge in [-0.15, -0.1) is 0 Å². The molecule has 112 valence electrons. The third kappa shape index (κ3) is 3.12. The van der Waals surface area contributed by atoms with Crippen molar-refractivity contribution in [2.75, 3.05) is 19.7 Å². The van der Waals surface area contributed by atoms with Gasteiger partial charge in [-0.2, -0.15) is 17.0 Å². The highest BCUT2D eigenvalue weighted by molar-refractivity contribution is 7.86. The maximum atomic E-state index is 12.8. The van der Waals surface area contributed by atoms with Crippen LogP contribution in [0.1, 0.15) is 46.0 Å². The zero-order chi connectivity index (χ0) is 14.0. The fraction of sp³-hybridized carbons (Fsp3) is 1.00. The van der Waals surface area contributed by atoms with Gasteiger partial charge in [0, 0.05) is 25.2 Å². The summed E-state index contributed by atoms with van der Waals surface area (Å²) in [4.78, 5) is 0. The van der Waals surface area contributed by atoms with Crippen LogP contribution in [0.4, 0.5) is 0 Å². The SMILES string of the molecule is CC1CCC(C)N(S(=O)(=O)N2CCCCC2CO)C1. The van der Waals surface area contributed by atoms with Gasteiger partial charge in [-0.05, 0) is 38.5 Å². The highest BCUT2D eigenvalue weighted by Gasteiger charge is 2.40. The Bertz CT molecular complexity index is 391. The highest BCUT2D eigenvalue weighted by Crippen LogP contribution is 2.29. The first-order chi connectivity index (χ1) is 8.96. The molecule has 3 unspecified atom stereocenters. The van der Waals surface area contributed by atoms with Crippen molar-refractivity contribution in [3.8, 4) is 0 Å². The Labute approximate surface area is 116 Å². The zero-order valence-corrected chi connectivity index (χ0v) is 12.8. The number of aliphatic hydroxyl groups is 1. The van der Waals surface area contributed by atoms with E-state index in [-0.39, 0.29) is 18.7 Å². The quantitative estimate of drug-likeness (QED) is 0.849. The number of hydrogen-bond donors (Lipinski definition) is 1. The molecule has 2 saturated heterocycles. The second-order valence-corrected chi connectivity index (χ2v) is 7.89. The van der Waals surface area contributed by atoms with E-state index >= 15 is 0 Å². The summed E-state index contributed by atoms with van der Waals surface area (Å²) in [7, 11) is -3.42.